The monoisotopic (exact) mass is 335 g/mol. The van der Waals surface area contributed by atoms with Crippen molar-refractivity contribution in [2.75, 3.05) is 6.61 Å². The molecule has 23 heavy (non-hydrogen) atoms. The summed E-state index contributed by atoms with van der Waals surface area (Å²) < 4.78 is 5.48. The minimum Gasteiger partial charge on any atom is -0.494 e. The lowest BCUT2D eigenvalue weighted by molar-refractivity contribution is -0.138. The second kappa shape index (κ2) is 8.33. The van der Waals surface area contributed by atoms with E-state index >= 15 is 0 Å². The van der Waals surface area contributed by atoms with Crippen LogP contribution in [0.15, 0.2) is 34.5 Å². The smallest absolute Gasteiger partial charge is 0.305 e. The summed E-state index contributed by atoms with van der Waals surface area (Å²) in [7, 11) is 0. The maximum Gasteiger partial charge on any atom is 0.305 e. The Hall–Kier alpha value is -2.35. The molecule has 1 aromatic rings. The fraction of sp³-hybridized carbons (Fsp3) is 0.333. The van der Waals surface area contributed by atoms with Crippen LogP contribution in [0.4, 0.5) is 0 Å². The Morgan fingerprint density at radius 2 is 2.17 bits per heavy atom. The van der Waals surface area contributed by atoms with Crippen LogP contribution in [-0.4, -0.2) is 40.2 Å². The average Bonchev–Trinajstić information content (AvgIpc) is 2.86. The van der Waals surface area contributed by atoms with Crippen molar-refractivity contribution in [3.8, 4) is 5.75 Å². The summed E-state index contributed by atoms with van der Waals surface area (Å²) in [5, 5.41) is 18.7. The van der Waals surface area contributed by atoms with Crippen molar-refractivity contribution in [2.24, 2.45) is 10.2 Å². The number of ether oxygens (including phenoxy) is 1. The SMILES string of the molecule is CCCOc1ccc(/C=N\N=C2NC(=O)[C@H](CC(=O)O)S2)cc1. The summed E-state index contributed by atoms with van der Waals surface area (Å²) >= 11 is 1.07. The number of thioether (sulfide) groups is 1. The molecule has 7 nitrogen and oxygen atoms in total. The molecule has 2 N–H and O–H groups in total. The van der Waals surface area contributed by atoms with Gasteiger partial charge in [-0.25, -0.2) is 0 Å². The first-order valence-electron chi connectivity index (χ1n) is 7.11. The van der Waals surface area contributed by atoms with Gasteiger partial charge in [0.25, 0.3) is 0 Å². The summed E-state index contributed by atoms with van der Waals surface area (Å²) in [5.41, 5.74) is 0.842. The fourth-order valence-electron chi connectivity index (χ4n) is 1.76. The van der Waals surface area contributed by atoms with Crippen molar-refractivity contribution in [1.29, 1.82) is 0 Å². The van der Waals surface area contributed by atoms with E-state index in [1.165, 1.54) is 0 Å². The number of carboxylic acids is 1. The van der Waals surface area contributed by atoms with Crippen LogP contribution in [0.5, 0.6) is 5.75 Å². The Morgan fingerprint density at radius 1 is 1.43 bits per heavy atom. The largest absolute Gasteiger partial charge is 0.494 e. The van der Waals surface area contributed by atoms with Gasteiger partial charge >= 0.3 is 5.97 Å². The van der Waals surface area contributed by atoms with E-state index in [2.05, 4.69) is 15.5 Å². The first kappa shape index (κ1) is 17.0. The molecule has 0 aromatic heterocycles. The second-order valence-electron chi connectivity index (χ2n) is 4.76. The van der Waals surface area contributed by atoms with E-state index in [9.17, 15) is 9.59 Å². The number of rotatable bonds is 7. The molecular formula is C15H17N3O4S. The molecule has 1 saturated heterocycles. The van der Waals surface area contributed by atoms with Crippen LogP contribution >= 0.6 is 11.8 Å². The molecule has 1 aromatic carbocycles. The molecule has 0 spiro atoms. The summed E-state index contributed by atoms with van der Waals surface area (Å²) in [6.45, 7) is 2.72. The molecule has 0 saturated carbocycles. The number of amidine groups is 1. The van der Waals surface area contributed by atoms with Crippen molar-refractivity contribution in [3.63, 3.8) is 0 Å². The Labute approximate surface area is 137 Å². The zero-order valence-electron chi connectivity index (χ0n) is 12.6. The van der Waals surface area contributed by atoms with Crippen LogP contribution in [0.3, 0.4) is 0 Å². The standard InChI is InChI=1S/C15H17N3O4S/c1-2-7-22-11-5-3-10(4-6-11)9-16-18-15-17-14(21)12(23-15)8-13(19)20/h3-6,9,12H,2,7-8H2,1H3,(H,19,20)(H,17,18,21)/b16-9-/t12-/m0/s1. The molecule has 0 bridgehead atoms. The van der Waals surface area contributed by atoms with Gasteiger partial charge in [0.15, 0.2) is 5.17 Å². The lowest BCUT2D eigenvalue weighted by atomic mass is 10.2. The zero-order chi connectivity index (χ0) is 16.7. The molecular weight excluding hydrogens is 318 g/mol. The van der Waals surface area contributed by atoms with Gasteiger partial charge in [0, 0.05) is 0 Å². The number of benzene rings is 1. The molecule has 2 rings (SSSR count). The molecule has 0 unspecified atom stereocenters. The van der Waals surface area contributed by atoms with Crippen molar-refractivity contribution < 1.29 is 19.4 Å². The fourth-order valence-corrected chi connectivity index (χ4v) is 2.68. The molecule has 1 aliphatic heterocycles. The molecule has 1 aliphatic rings. The number of carbonyl (C=O) groups is 2. The van der Waals surface area contributed by atoms with Crippen LogP contribution < -0.4 is 10.1 Å². The quantitative estimate of drug-likeness (QED) is 0.585. The molecule has 8 heteroatoms. The van der Waals surface area contributed by atoms with Gasteiger partial charge in [-0.05, 0) is 36.2 Å². The molecule has 1 fully saturated rings. The van der Waals surface area contributed by atoms with E-state index in [-0.39, 0.29) is 12.3 Å². The van der Waals surface area contributed by atoms with Crippen molar-refractivity contribution >= 4 is 35.0 Å². The molecule has 0 aliphatic carbocycles. The number of amides is 1. The minimum atomic E-state index is -1.02. The normalized spacial score (nSPS) is 19.3. The summed E-state index contributed by atoms with van der Waals surface area (Å²) in [5.74, 6) is -0.581. The lowest BCUT2D eigenvalue weighted by Gasteiger charge is -2.03. The van der Waals surface area contributed by atoms with E-state index in [4.69, 9.17) is 9.84 Å². The van der Waals surface area contributed by atoms with Crippen molar-refractivity contribution in [2.45, 2.75) is 25.0 Å². The first-order valence-corrected chi connectivity index (χ1v) is 7.99. The number of nitrogens with zero attached hydrogens (tertiary/aromatic N) is 2. The highest BCUT2D eigenvalue weighted by atomic mass is 32.2. The van der Waals surface area contributed by atoms with Gasteiger partial charge in [-0.3, -0.25) is 9.59 Å². The highest BCUT2D eigenvalue weighted by Gasteiger charge is 2.32. The van der Waals surface area contributed by atoms with Gasteiger partial charge in [0.05, 0.1) is 19.2 Å². The molecule has 1 amide bonds. The van der Waals surface area contributed by atoms with Gasteiger partial charge in [0.1, 0.15) is 11.0 Å². The molecule has 1 atom stereocenters. The zero-order valence-corrected chi connectivity index (χ0v) is 13.4. The van der Waals surface area contributed by atoms with Crippen LogP contribution in [0.25, 0.3) is 0 Å². The van der Waals surface area contributed by atoms with E-state index in [1.54, 1.807) is 6.21 Å². The first-order chi connectivity index (χ1) is 11.1. The van der Waals surface area contributed by atoms with Gasteiger partial charge in [-0.2, -0.15) is 5.10 Å². The number of hydrogen-bond donors (Lipinski definition) is 2. The number of carboxylic acid groups (broad SMARTS) is 1. The third-order valence-electron chi connectivity index (χ3n) is 2.84. The summed E-state index contributed by atoms with van der Waals surface area (Å²) in [6, 6.07) is 7.39. The summed E-state index contributed by atoms with van der Waals surface area (Å²) in [4.78, 5) is 22.2. The third kappa shape index (κ3) is 5.41. The highest BCUT2D eigenvalue weighted by molar-refractivity contribution is 8.15. The maximum atomic E-state index is 11.5. The van der Waals surface area contributed by atoms with E-state index in [1.807, 2.05) is 31.2 Å². The van der Waals surface area contributed by atoms with Crippen molar-refractivity contribution in [1.82, 2.24) is 5.32 Å². The lowest BCUT2D eigenvalue weighted by Crippen LogP contribution is -2.26. The second-order valence-corrected chi connectivity index (χ2v) is 5.95. The Morgan fingerprint density at radius 3 is 2.83 bits per heavy atom. The van der Waals surface area contributed by atoms with E-state index in [0.29, 0.717) is 11.8 Å². The van der Waals surface area contributed by atoms with Gasteiger partial charge in [-0.15, -0.1) is 5.10 Å². The van der Waals surface area contributed by atoms with Gasteiger partial charge in [-0.1, -0.05) is 18.7 Å². The Balaban J connectivity index is 1.90. The molecule has 0 radical (unpaired) electrons. The summed E-state index contributed by atoms with van der Waals surface area (Å²) in [6.07, 6.45) is 2.26. The van der Waals surface area contributed by atoms with Crippen LogP contribution in [0.2, 0.25) is 0 Å². The van der Waals surface area contributed by atoms with Crippen LogP contribution in [-0.2, 0) is 9.59 Å². The van der Waals surface area contributed by atoms with E-state index < -0.39 is 11.2 Å². The highest BCUT2D eigenvalue weighted by Crippen LogP contribution is 2.22. The molecule has 1 heterocycles. The third-order valence-corrected chi connectivity index (χ3v) is 3.92. The number of carbonyl (C=O) groups excluding carboxylic acids is 1. The topological polar surface area (TPSA) is 100 Å². The number of nitrogens with one attached hydrogen (secondary N) is 1. The molecule has 122 valence electrons. The Kier molecular flexibility index (Phi) is 6.16. The Bertz CT molecular complexity index is 628. The maximum absolute atomic E-state index is 11.5. The predicted octanol–water partition coefficient (Wildman–Crippen LogP) is 1.87. The minimum absolute atomic E-state index is 0.238. The predicted molar refractivity (Wildman–Crippen MR) is 89.0 cm³/mol. The van der Waals surface area contributed by atoms with E-state index in [0.717, 1.165) is 29.5 Å². The average molecular weight is 335 g/mol. The van der Waals surface area contributed by atoms with Crippen LogP contribution in [0.1, 0.15) is 25.3 Å². The van der Waals surface area contributed by atoms with Gasteiger partial charge < -0.3 is 15.2 Å². The number of hydrogen-bond acceptors (Lipinski definition) is 6. The van der Waals surface area contributed by atoms with Crippen molar-refractivity contribution in [3.05, 3.63) is 29.8 Å². The number of aliphatic carboxylic acids is 1. The van der Waals surface area contributed by atoms with Gasteiger partial charge in [0.2, 0.25) is 5.91 Å². The van der Waals surface area contributed by atoms with Crippen LogP contribution in [0, 0.1) is 0 Å².